The molecule has 0 heterocycles. The second kappa shape index (κ2) is 5.26. The summed E-state index contributed by atoms with van der Waals surface area (Å²) in [6, 6.07) is 6.36. The molecule has 0 atom stereocenters. The second-order valence-electron chi connectivity index (χ2n) is 2.64. The topological polar surface area (TPSA) is 59.6 Å². The van der Waals surface area contributed by atoms with Gasteiger partial charge in [-0.3, -0.25) is 0 Å². The van der Waals surface area contributed by atoms with Gasteiger partial charge in [0, 0.05) is 0 Å². The number of nitrogens with one attached hydrogen (secondary N) is 1. The average molecular weight is 215 g/mol. The van der Waals surface area contributed by atoms with E-state index in [4.69, 9.17) is 10.6 Å². The second-order valence-corrected chi connectivity index (χ2v) is 2.64. The van der Waals surface area contributed by atoms with Crippen molar-refractivity contribution >= 4 is 11.5 Å². The standard InChI is InChI=1S/C9H11F2N3O/c1-15-7-4-2-6(3-5-7)13-9(14-12)8(10)11/h2-5,8H,12H2,1H3,(H,13,14). The lowest BCUT2D eigenvalue weighted by Crippen LogP contribution is -2.35. The number of nitrogens with zero attached hydrogens (tertiary/aromatic N) is 1. The third-order valence-electron chi connectivity index (χ3n) is 1.68. The first-order chi connectivity index (χ1) is 7.17. The van der Waals surface area contributed by atoms with Gasteiger partial charge >= 0.3 is 0 Å². The van der Waals surface area contributed by atoms with Crippen molar-refractivity contribution in [3.05, 3.63) is 24.3 Å². The van der Waals surface area contributed by atoms with E-state index >= 15 is 0 Å². The summed E-state index contributed by atoms with van der Waals surface area (Å²) in [6.45, 7) is 0. The Kier molecular flexibility index (Phi) is 3.99. The molecule has 82 valence electrons. The first kappa shape index (κ1) is 11.4. The largest absolute Gasteiger partial charge is 0.497 e. The minimum absolute atomic E-state index is 0.379. The van der Waals surface area contributed by atoms with E-state index in [2.05, 4.69) is 4.99 Å². The van der Waals surface area contributed by atoms with E-state index in [9.17, 15) is 8.78 Å². The summed E-state index contributed by atoms with van der Waals surface area (Å²) in [5, 5.41) is 0. The SMILES string of the molecule is COc1ccc(N=C(NN)C(F)F)cc1. The average Bonchev–Trinajstić information content (AvgIpc) is 2.26. The molecule has 0 aliphatic rings. The van der Waals surface area contributed by atoms with E-state index in [-0.39, 0.29) is 0 Å². The number of halogens is 2. The van der Waals surface area contributed by atoms with Crippen LogP contribution in [0, 0.1) is 0 Å². The number of hydrogen-bond donors (Lipinski definition) is 2. The molecular weight excluding hydrogens is 204 g/mol. The van der Waals surface area contributed by atoms with E-state index in [0.717, 1.165) is 0 Å². The third-order valence-corrected chi connectivity index (χ3v) is 1.68. The molecule has 0 unspecified atom stereocenters. The summed E-state index contributed by atoms with van der Waals surface area (Å²) < 4.78 is 29.4. The van der Waals surface area contributed by atoms with Crippen molar-refractivity contribution < 1.29 is 13.5 Å². The van der Waals surface area contributed by atoms with Gasteiger partial charge in [-0.2, -0.15) is 0 Å². The van der Waals surface area contributed by atoms with Crippen LogP contribution in [-0.4, -0.2) is 19.4 Å². The number of hydrogen-bond acceptors (Lipinski definition) is 3. The molecule has 0 saturated carbocycles. The van der Waals surface area contributed by atoms with Crippen LogP contribution in [0.5, 0.6) is 5.75 Å². The molecule has 1 rings (SSSR count). The fraction of sp³-hybridized carbons (Fsp3) is 0.222. The summed E-state index contributed by atoms with van der Waals surface area (Å²) in [5.74, 6) is 4.96. The molecule has 1 aromatic carbocycles. The fourth-order valence-corrected chi connectivity index (χ4v) is 0.940. The van der Waals surface area contributed by atoms with Crippen molar-refractivity contribution in [3.63, 3.8) is 0 Å². The number of methoxy groups -OCH3 is 1. The molecule has 0 bridgehead atoms. The Labute approximate surface area is 85.7 Å². The van der Waals surface area contributed by atoms with Crippen molar-refractivity contribution in [1.29, 1.82) is 0 Å². The summed E-state index contributed by atoms with van der Waals surface area (Å²) in [5.41, 5.74) is 2.23. The van der Waals surface area contributed by atoms with Crippen LogP contribution in [0.25, 0.3) is 0 Å². The van der Waals surface area contributed by atoms with Crippen molar-refractivity contribution in [1.82, 2.24) is 5.43 Å². The van der Waals surface area contributed by atoms with Gasteiger partial charge in [-0.15, -0.1) is 0 Å². The monoisotopic (exact) mass is 215 g/mol. The predicted molar refractivity (Wildman–Crippen MR) is 53.4 cm³/mol. The molecule has 0 aliphatic heterocycles. The maximum Gasteiger partial charge on any atom is 0.296 e. The van der Waals surface area contributed by atoms with Gasteiger partial charge in [-0.25, -0.2) is 19.6 Å². The molecule has 4 nitrogen and oxygen atoms in total. The smallest absolute Gasteiger partial charge is 0.296 e. The maximum absolute atomic E-state index is 12.2. The maximum atomic E-state index is 12.2. The van der Waals surface area contributed by atoms with E-state index < -0.39 is 12.3 Å². The fourth-order valence-electron chi connectivity index (χ4n) is 0.940. The zero-order valence-electron chi connectivity index (χ0n) is 8.08. The number of benzene rings is 1. The van der Waals surface area contributed by atoms with Crippen LogP contribution in [0.3, 0.4) is 0 Å². The highest BCUT2D eigenvalue weighted by molar-refractivity contribution is 5.87. The van der Waals surface area contributed by atoms with Crippen LogP contribution < -0.4 is 16.0 Å². The molecule has 1 aromatic rings. The molecule has 0 amide bonds. The molecule has 0 fully saturated rings. The van der Waals surface area contributed by atoms with Gasteiger partial charge in [-0.1, -0.05) is 0 Å². The summed E-state index contributed by atoms with van der Waals surface area (Å²) in [7, 11) is 1.52. The summed E-state index contributed by atoms with van der Waals surface area (Å²) in [6.07, 6.45) is -2.72. The Morgan fingerprint density at radius 2 is 2.00 bits per heavy atom. The lowest BCUT2D eigenvalue weighted by atomic mass is 10.3. The van der Waals surface area contributed by atoms with Crippen molar-refractivity contribution in [2.24, 2.45) is 10.8 Å². The number of hydrazine groups is 1. The number of alkyl halides is 2. The molecule has 15 heavy (non-hydrogen) atoms. The van der Waals surface area contributed by atoms with Gasteiger partial charge in [0.2, 0.25) is 0 Å². The highest BCUT2D eigenvalue weighted by Crippen LogP contribution is 2.18. The van der Waals surface area contributed by atoms with Crippen molar-refractivity contribution in [2.45, 2.75) is 6.43 Å². The van der Waals surface area contributed by atoms with Crippen LogP contribution in [-0.2, 0) is 0 Å². The Balaban J connectivity index is 2.87. The normalized spacial score (nSPS) is 11.7. The van der Waals surface area contributed by atoms with Gasteiger partial charge in [0.25, 0.3) is 6.43 Å². The van der Waals surface area contributed by atoms with E-state index in [1.54, 1.807) is 24.3 Å². The molecule has 3 N–H and O–H groups in total. The molecule has 0 aliphatic carbocycles. The molecule has 0 radical (unpaired) electrons. The number of ether oxygens (including phenoxy) is 1. The predicted octanol–water partition coefficient (Wildman–Crippen LogP) is 1.45. The van der Waals surface area contributed by atoms with Crippen molar-refractivity contribution in [2.75, 3.05) is 7.11 Å². The minimum atomic E-state index is -2.72. The number of amidine groups is 1. The molecular formula is C9H11F2N3O. The Bertz CT molecular complexity index is 338. The highest BCUT2D eigenvalue weighted by atomic mass is 19.3. The quantitative estimate of drug-likeness (QED) is 0.347. The Morgan fingerprint density at radius 3 is 2.40 bits per heavy atom. The zero-order valence-corrected chi connectivity index (χ0v) is 8.08. The number of rotatable bonds is 3. The van der Waals surface area contributed by atoms with Gasteiger partial charge in [0.05, 0.1) is 12.8 Å². The van der Waals surface area contributed by atoms with E-state index in [1.807, 2.05) is 5.43 Å². The van der Waals surface area contributed by atoms with Gasteiger partial charge in [0.15, 0.2) is 5.84 Å². The summed E-state index contributed by atoms with van der Waals surface area (Å²) in [4.78, 5) is 3.63. The first-order valence-corrected chi connectivity index (χ1v) is 4.14. The number of nitrogens with two attached hydrogens (primary N) is 1. The number of aliphatic imine (C=N–C) groups is 1. The molecule has 0 saturated heterocycles. The highest BCUT2D eigenvalue weighted by Gasteiger charge is 2.10. The van der Waals surface area contributed by atoms with Gasteiger partial charge < -0.3 is 10.2 Å². The molecule has 0 spiro atoms. The van der Waals surface area contributed by atoms with Crippen LogP contribution in [0.2, 0.25) is 0 Å². The Hall–Kier alpha value is -1.69. The first-order valence-electron chi connectivity index (χ1n) is 4.14. The minimum Gasteiger partial charge on any atom is -0.497 e. The van der Waals surface area contributed by atoms with Crippen LogP contribution in [0.4, 0.5) is 14.5 Å². The third kappa shape index (κ3) is 3.17. The van der Waals surface area contributed by atoms with E-state index in [0.29, 0.717) is 11.4 Å². The summed E-state index contributed by atoms with van der Waals surface area (Å²) >= 11 is 0. The lowest BCUT2D eigenvalue weighted by molar-refractivity contribution is 0.220. The lowest BCUT2D eigenvalue weighted by Gasteiger charge is -2.04. The Morgan fingerprint density at radius 1 is 1.40 bits per heavy atom. The van der Waals surface area contributed by atoms with Gasteiger partial charge in [-0.05, 0) is 24.3 Å². The van der Waals surface area contributed by atoms with Crippen molar-refractivity contribution in [3.8, 4) is 5.75 Å². The zero-order chi connectivity index (χ0) is 11.3. The molecule has 0 aromatic heterocycles. The van der Waals surface area contributed by atoms with Gasteiger partial charge in [0.1, 0.15) is 5.75 Å². The van der Waals surface area contributed by atoms with Crippen LogP contribution in [0.1, 0.15) is 0 Å². The van der Waals surface area contributed by atoms with Crippen LogP contribution >= 0.6 is 0 Å². The van der Waals surface area contributed by atoms with Crippen LogP contribution in [0.15, 0.2) is 29.3 Å². The molecule has 6 heteroatoms. The van der Waals surface area contributed by atoms with E-state index in [1.165, 1.54) is 7.11 Å².